The zero-order valence-corrected chi connectivity index (χ0v) is 12.8. The second kappa shape index (κ2) is 7.36. The molecule has 1 N–H and O–H groups in total. The Morgan fingerprint density at radius 1 is 1.30 bits per heavy atom. The van der Waals surface area contributed by atoms with Gasteiger partial charge >= 0.3 is 0 Å². The summed E-state index contributed by atoms with van der Waals surface area (Å²) in [6, 6.07) is 9.92. The molecule has 20 heavy (non-hydrogen) atoms. The van der Waals surface area contributed by atoms with Crippen LogP contribution in [0.1, 0.15) is 24.7 Å². The SMILES string of the molecule is CCCNCc1cc(Cl)ccc1N(C)Cc1ccco1. The topological polar surface area (TPSA) is 28.4 Å². The van der Waals surface area contributed by atoms with E-state index in [1.165, 1.54) is 11.3 Å². The van der Waals surface area contributed by atoms with Gasteiger partial charge < -0.3 is 14.6 Å². The Labute approximate surface area is 125 Å². The summed E-state index contributed by atoms with van der Waals surface area (Å²) in [6.07, 6.45) is 2.83. The number of halogens is 1. The summed E-state index contributed by atoms with van der Waals surface area (Å²) < 4.78 is 5.40. The summed E-state index contributed by atoms with van der Waals surface area (Å²) in [7, 11) is 2.06. The zero-order chi connectivity index (χ0) is 14.4. The van der Waals surface area contributed by atoms with Crippen molar-refractivity contribution in [1.82, 2.24) is 5.32 Å². The highest BCUT2D eigenvalue weighted by atomic mass is 35.5. The number of hydrogen-bond donors (Lipinski definition) is 1. The predicted molar refractivity (Wildman–Crippen MR) is 84.3 cm³/mol. The Balaban J connectivity index is 2.12. The second-order valence-corrected chi connectivity index (χ2v) is 5.32. The third kappa shape index (κ3) is 4.02. The molecule has 0 saturated heterocycles. The molecule has 0 aliphatic carbocycles. The van der Waals surface area contributed by atoms with Crippen LogP contribution in [0.15, 0.2) is 41.0 Å². The maximum Gasteiger partial charge on any atom is 0.123 e. The van der Waals surface area contributed by atoms with E-state index < -0.39 is 0 Å². The Morgan fingerprint density at radius 2 is 2.15 bits per heavy atom. The van der Waals surface area contributed by atoms with Crippen molar-refractivity contribution in [3.8, 4) is 0 Å². The second-order valence-electron chi connectivity index (χ2n) is 4.89. The monoisotopic (exact) mass is 292 g/mol. The van der Waals surface area contributed by atoms with Crippen molar-refractivity contribution in [2.75, 3.05) is 18.5 Å². The normalized spacial score (nSPS) is 10.8. The molecule has 1 aromatic heterocycles. The van der Waals surface area contributed by atoms with Gasteiger partial charge in [0.05, 0.1) is 12.8 Å². The number of nitrogens with zero attached hydrogens (tertiary/aromatic N) is 1. The van der Waals surface area contributed by atoms with Gasteiger partial charge in [-0.2, -0.15) is 0 Å². The highest BCUT2D eigenvalue weighted by molar-refractivity contribution is 6.30. The maximum atomic E-state index is 6.11. The molecule has 1 aromatic carbocycles. The molecule has 0 aliphatic rings. The third-order valence-corrected chi connectivity index (χ3v) is 3.40. The molecule has 3 nitrogen and oxygen atoms in total. The van der Waals surface area contributed by atoms with Gasteiger partial charge in [-0.25, -0.2) is 0 Å². The summed E-state index contributed by atoms with van der Waals surface area (Å²) in [5, 5.41) is 4.20. The lowest BCUT2D eigenvalue weighted by Crippen LogP contribution is -2.21. The van der Waals surface area contributed by atoms with Crippen LogP contribution in [0.2, 0.25) is 5.02 Å². The lowest BCUT2D eigenvalue weighted by Gasteiger charge is -2.22. The van der Waals surface area contributed by atoms with E-state index in [-0.39, 0.29) is 0 Å². The van der Waals surface area contributed by atoms with Gasteiger partial charge in [-0.15, -0.1) is 0 Å². The van der Waals surface area contributed by atoms with E-state index in [1.807, 2.05) is 24.3 Å². The van der Waals surface area contributed by atoms with E-state index in [0.29, 0.717) is 0 Å². The smallest absolute Gasteiger partial charge is 0.123 e. The van der Waals surface area contributed by atoms with Crippen LogP contribution in [0.4, 0.5) is 5.69 Å². The molecule has 0 radical (unpaired) electrons. The van der Waals surface area contributed by atoms with Crippen molar-refractivity contribution in [2.45, 2.75) is 26.4 Å². The lowest BCUT2D eigenvalue weighted by atomic mass is 10.1. The van der Waals surface area contributed by atoms with Crippen LogP contribution in [0.3, 0.4) is 0 Å². The first kappa shape index (κ1) is 14.9. The predicted octanol–water partition coefficient (Wildman–Crippen LogP) is 4.07. The summed E-state index contributed by atoms with van der Waals surface area (Å²) >= 11 is 6.11. The molecule has 2 rings (SSSR count). The zero-order valence-electron chi connectivity index (χ0n) is 12.0. The molecule has 0 spiro atoms. The van der Waals surface area contributed by atoms with E-state index in [9.17, 15) is 0 Å². The molecular formula is C16H21ClN2O. The standard InChI is InChI=1S/C16H21ClN2O/c1-3-8-18-11-13-10-14(17)6-7-16(13)19(2)12-15-5-4-9-20-15/h4-7,9-10,18H,3,8,11-12H2,1-2H3. The molecule has 0 aliphatic heterocycles. The van der Waals surface area contributed by atoms with Gasteiger partial charge in [0, 0.05) is 24.3 Å². The van der Waals surface area contributed by atoms with Crippen molar-refractivity contribution in [2.24, 2.45) is 0 Å². The molecule has 4 heteroatoms. The van der Waals surface area contributed by atoms with Gasteiger partial charge in [-0.1, -0.05) is 18.5 Å². The van der Waals surface area contributed by atoms with Gasteiger partial charge in [-0.05, 0) is 48.9 Å². The fourth-order valence-electron chi connectivity index (χ4n) is 2.19. The number of furan rings is 1. The number of rotatable bonds is 7. The molecule has 0 fully saturated rings. The van der Waals surface area contributed by atoms with Gasteiger partial charge in [0.25, 0.3) is 0 Å². The summed E-state index contributed by atoms with van der Waals surface area (Å²) in [4.78, 5) is 2.18. The van der Waals surface area contributed by atoms with E-state index >= 15 is 0 Å². The van der Waals surface area contributed by atoms with Crippen LogP contribution < -0.4 is 10.2 Å². The van der Waals surface area contributed by atoms with Crippen LogP contribution in [0.25, 0.3) is 0 Å². The van der Waals surface area contributed by atoms with Gasteiger partial charge in [0.15, 0.2) is 0 Å². The van der Waals surface area contributed by atoms with E-state index in [4.69, 9.17) is 16.0 Å². The molecular weight excluding hydrogens is 272 g/mol. The van der Waals surface area contributed by atoms with Gasteiger partial charge in [0.2, 0.25) is 0 Å². The van der Waals surface area contributed by atoms with Crippen molar-refractivity contribution in [3.63, 3.8) is 0 Å². The first-order chi connectivity index (χ1) is 9.70. The number of hydrogen-bond acceptors (Lipinski definition) is 3. The first-order valence-electron chi connectivity index (χ1n) is 6.93. The van der Waals surface area contributed by atoms with E-state index in [2.05, 4.69) is 30.3 Å². The molecule has 2 aromatic rings. The van der Waals surface area contributed by atoms with Crippen LogP contribution >= 0.6 is 11.6 Å². The number of anilines is 1. The molecule has 0 amide bonds. The third-order valence-electron chi connectivity index (χ3n) is 3.17. The van der Waals surface area contributed by atoms with Crippen molar-refractivity contribution in [1.29, 1.82) is 0 Å². The highest BCUT2D eigenvalue weighted by Crippen LogP contribution is 2.25. The van der Waals surface area contributed by atoms with Crippen LogP contribution in [-0.2, 0) is 13.1 Å². The van der Waals surface area contributed by atoms with Gasteiger partial charge in [-0.3, -0.25) is 0 Å². The van der Waals surface area contributed by atoms with Crippen molar-refractivity contribution >= 4 is 17.3 Å². The molecule has 0 atom stereocenters. The molecule has 0 saturated carbocycles. The quantitative estimate of drug-likeness (QED) is 0.780. The minimum atomic E-state index is 0.745. The van der Waals surface area contributed by atoms with Crippen LogP contribution in [-0.4, -0.2) is 13.6 Å². The summed E-state index contributed by atoms with van der Waals surface area (Å²) in [5.74, 6) is 0.954. The molecule has 1 heterocycles. The van der Waals surface area contributed by atoms with Crippen LogP contribution in [0, 0.1) is 0 Å². The number of benzene rings is 1. The van der Waals surface area contributed by atoms with E-state index in [0.717, 1.165) is 36.8 Å². The van der Waals surface area contributed by atoms with Gasteiger partial charge in [0.1, 0.15) is 5.76 Å². The van der Waals surface area contributed by atoms with E-state index in [1.54, 1.807) is 6.26 Å². The fraction of sp³-hybridized carbons (Fsp3) is 0.375. The lowest BCUT2D eigenvalue weighted by molar-refractivity contribution is 0.507. The average Bonchev–Trinajstić information content (AvgIpc) is 2.92. The average molecular weight is 293 g/mol. The maximum absolute atomic E-state index is 6.11. The largest absolute Gasteiger partial charge is 0.467 e. The molecule has 0 bridgehead atoms. The van der Waals surface area contributed by atoms with Crippen molar-refractivity contribution < 1.29 is 4.42 Å². The molecule has 0 unspecified atom stereocenters. The number of nitrogens with one attached hydrogen (secondary N) is 1. The first-order valence-corrected chi connectivity index (χ1v) is 7.31. The van der Waals surface area contributed by atoms with Crippen molar-refractivity contribution in [3.05, 3.63) is 52.9 Å². The summed E-state index contributed by atoms with van der Waals surface area (Å²) in [5.41, 5.74) is 2.38. The fourth-order valence-corrected chi connectivity index (χ4v) is 2.38. The minimum absolute atomic E-state index is 0.745. The highest BCUT2D eigenvalue weighted by Gasteiger charge is 2.09. The Kier molecular flexibility index (Phi) is 5.50. The molecule has 108 valence electrons. The minimum Gasteiger partial charge on any atom is -0.467 e. The van der Waals surface area contributed by atoms with Crippen LogP contribution in [0.5, 0.6) is 0 Å². The Bertz CT molecular complexity index is 525. The Morgan fingerprint density at radius 3 is 2.85 bits per heavy atom. The summed E-state index contributed by atoms with van der Waals surface area (Å²) in [6.45, 7) is 4.74. The Hall–Kier alpha value is -1.45.